The van der Waals surface area contributed by atoms with Crippen molar-refractivity contribution in [2.45, 2.75) is 44.6 Å². The molecule has 0 N–H and O–H groups in total. The lowest BCUT2D eigenvalue weighted by molar-refractivity contribution is 0.401. The van der Waals surface area contributed by atoms with E-state index in [1.54, 1.807) is 12.7 Å². The molecule has 2 atom stereocenters. The molecule has 1 fully saturated rings. The predicted octanol–water partition coefficient (Wildman–Crippen LogP) is 5.18. The average Bonchev–Trinajstić information content (AvgIpc) is 2.89. The maximum absolute atomic E-state index is 5.31. The quantitative estimate of drug-likeness (QED) is 0.756. The second kappa shape index (κ2) is 5.35. The number of anilines is 2. The molecule has 114 valence electrons. The zero-order chi connectivity index (χ0) is 15.1. The van der Waals surface area contributed by atoms with Gasteiger partial charge in [-0.3, -0.25) is 0 Å². The zero-order valence-electron chi connectivity index (χ0n) is 13.4. The van der Waals surface area contributed by atoms with Gasteiger partial charge in [-0.1, -0.05) is 30.5 Å². The Bertz CT molecular complexity index is 677. The lowest BCUT2D eigenvalue weighted by atomic mass is 9.82. The Morgan fingerprint density at radius 3 is 2.55 bits per heavy atom. The van der Waals surface area contributed by atoms with Crippen LogP contribution in [0.3, 0.4) is 0 Å². The third-order valence-corrected chi connectivity index (χ3v) is 5.25. The summed E-state index contributed by atoms with van der Waals surface area (Å²) in [7, 11) is 1.72. The number of fused-ring (bicyclic) bond motifs is 3. The number of hydrogen-bond acceptors (Lipinski definition) is 2. The van der Waals surface area contributed by atoms with Crippen LogP contribution in [0.15, 0.2) is 42.5 Å². The molecule has 2 aliphatic rings. The summed E-state index contributed by atoms with van der Waals surface area (Å²) in [6, 6.07) is 16.1. The molecule has 1 saturated carbocycles. The summed E-state index contributed by atoms with van der Waals surface area (Å²) in [5.41, 5.74) is 5.63. The third-order valence-electron chi connectivity index (χ3n) is 5.25. The molecule has 4 rings (SSSR count). The van der Waals surface area contributed by atoms with Crippen LogP contribution in [-0.2, 0) is 0 Å². The highest BCUT2D eigenvalue weighted by atomic mass is 16.5. The molecular weight excluding hydrogens is 270 g/mol. The first-order valence-electron chi connectivity index (χ1n) is 8.32. The molecule has 0 aromatic heterocycles. The summed E-state index contributed by atoms with van der Waals surface area (Å²) in [4.78, 5) is 2.57. The van der Waals surface area contributed by atoms with Crippen LogP contribution in [0, 0.1) is 6.92 Å². The molecule has 1 heterocycles. The Balaban J connectivity index is 1.80. The van der Waals surface area contributed by atoms with Crippen molar-refractivity contribution in [1.29, 1.82) is 0 Å². The van der Waals surface area contributed by atoms with E-state index in [0.29, 0.717) is 12.0 Å². The van der Waals surface area contributed by atoms with Crippen molar-refractivity contribution in [2.75, 3.05) is 12.0 Å². The normalized spacial score (nSPS) is 23.1. The van der Waals surface area contributed by atoms with Crippen LogP contribution in [-0.4, -0.2) is 13.2 Å². The molecule has 1 aliphatic heterocycles. The van der Waals surface area contributed by atoms with Gasteiger partial charge in [0.25, 0.3) is 0 Å². The Kier molecular flexibility index (Phi) is 3.33. The Morgan fingerprint density at radius 1 is 1.00 bits per heavy atom. The van der Waals surface area contributed by atoms with E-state index in [1.807, 2.05) is 0 Å². The van der Waals surface area contributed by atoms with E-state index >= 15 is 0 Å². The van der Waals surface area contributed by atoms with E-state index in [4.69, 9.17) is 4.74 Å². The smallest absolute Gasteiger partial charge is 0.119 e. The fourth-order valence-electron chi connectivity index (χ4n) is 4.23. The highest BCUT2D eigenvalue weighted by Gasteiger charge is 2.40. The van der Waals surface area contributed by atoms with Crippen molar-refractivity contribution < 1.29 is 4.74 Å². The van der Waals surface area contributed by atoms with Gasteiger partial charge < -0.3 is 9.64 Å². The van der Waals surface area contributed by atoms with Gasteiger partial charge in [-0.05, 0) is 55.7 Å². The fraction of sp³-hybridized carbons (Fsp3) is 0.400. The monoisotopic (exact) mass is 293 g/mol. The van der Waals surface area contributed by atoms with Crippen molar-refractivity contribution in [3.05, 3.63) is 53.6 Å². The van der Waals surface area contributed by atoms with E-state index in [0.717, 1.165) is 5.75 Å². The first kappa shape index (κ1) is 13.7. The molecular formula is C20H23NO. The molecule has 2 heteroatoms. The SMILES string of the molecule is COc1ccc(N2c3ccc(C)cc3C3CCCCC32)cc1. The van der Waals surface area contributed by atoms with Gasteiger partial charge in [-0.15, -0.1) is 0 Å². The molecule has 2 unspecified atom stereocenters. The van der Waals surface area contributed by atoms with Crippen LogP contribution < -0.4 is 9.64 Å². The van der Waals surface area contributed by atoms with Crippen LogP contribution in [0.5, 0.6) is 5.75 Å². The minimum absolute atomic E-state index is 0.624. The number of rotatable bonds is 2. The number of nitrogens with zero attached hydrogens (tertiary/aromatic N) is 1. The lowest BCUT2D eigenvalue weighted by Crippen LogP contribution is -2.32. The molecule has 2 nitrogen and oxygen atoms in total. The molecule has 2 aromatic rings. The predicted molar refractivity (Wildman–Crippen MR) is 91.3 cm³/mol. The maximum atomic E-state index is 5.31. The fourth-order valence-corrected chi connectivity index (χ4v) is 4.23. The molecule has 0 spiro atoms. The van der Waals surface area contributed by atoms with Crippen LogP contribution in [0.25, 0.3) is 0 Å². The molecule has 0 amide bonds. The zero-order valence-corrected chi connectivity index (χ0v) is 13.4. The van der Waals surface area contributed by atoms with Gasteiger partial charge in [0.15, 0.2) is 0 Å². The molecule has 2 aromatic carbocycles. The van der Waals surface area contributed by atoms with Crippen LogP contribution in [0.1, 0.15) is 42.7 Å². The maximum Gasteiger partial charge on any atom is 0.119 e. The topological polar surface area (TPSA) is 12.5 Å². The van der Waals surface area contributed by atoms with Gasteiger partial charge in [0.2, 0.25) is 0 Å². The van der Waals surface area contributed by atoms with Crippen LogP contribution in [0.4, 0.5) is 11.4 Å². The van der Waals surface area contributed by atoms with Gasteiger partial charge in [-0.2, -0.15) is 0 Å². The number of ether oxygens (including phenoxy) is 1. The van der Waals surface area contributed by atoms with Gasteiger partial charge in [0.05, 0.1) is 7.11 Å². The summed E-state index contributed by atoms with van der Waals surface area (Å²) < 4.78 is 5.31. The molecule has 0 bridgehead atoms. The van der Waals surface area contributed by atoms with Gasteiger partial charge in [0, 0.05) is 23.3 Å². The van der Waals surface area contributed by atoms with E-state index < -0.39 is 0 Å². The first-order chi connectivity index (χ1) is 10.8. The van der Waals surface area contributed by atoms with E-state index in [1.165, 1.54) is 42.6 Å². The van der Waals surface area contributed by atoms with Crippen molar-refractivity contribution in [3.8, 4) is 5.75 Å². The number of methoxy groups -OCH3 is 1. The van der Waals surface area contributed by atoms with Gasteiger partial charge >= 0.3 is 0 Å². The van der Waals surface area contributed by atoms with Crippen molar-refractivity contribution in [3.63, 3.8) is 0 Å². The van der Waals surface area contributed by atoms with E-state index in [9.17, 15) is 0 Å². The lowest BCUT2D eigenvalue weighted by Gasteiger charge is -2.33. The number of hydrogen-bond donors (Lipinski definition) is 0. The van der Waals surface area contributed by atoms with Crippen molar-refractivity contribution in [2.24, 2.45) is 0 Å². The number of aryl methyl sites for hydroxylation is 1. The van der Waals surface area contributed by atoms with Gasteiger partial charge in [-0.25, -0.2) is 0 Å². The Labute approximate surface area is 132 Å². The minimum Gasteiger partial charge on any atom is -0.497 e. The van der Waals surface area contributed by atoms with Crippen LogP contribution >= 0.6 is 0 Å². The third kappa shape index (κ3) is 2.09. The minimum atomic E-state index is 0.624. The van der Waals surface area contributed by atoms with Crippen molar-refractivity contribution >= 4 is 11.4 Å². The Hall–Kier alpha value is -1.96. The van der Waals surface area contributed by atoms with Crippen LogP contribution in [0.2, 0.25) is 0 Å². The number of benzene rings is 2. The standard InChI is InChI=1S/C20H23NO/c1-14-7-12-20-18(13-14)17-5-3-4-6-19(17)21(20)15-8-10-16(22-2)11-9-15/h7-13,17,19H,3-6H2,1-2H3. The van der Waals surface area contributed by atoms with E-state index in [-0.39, 0.29) is 0 Å². The highest BCUT2D eigenvalue weighted by Crippen LogP contribution is 2.51. The van der Waals surface area contributed by atoms with Gasteiger partial charge in [0.1, 0.15) is 5.75 Å². The largest absolute Gasteiger partial charge is 0.497 e. The molecule has 0 saturated heterocycles. The summed E-state index contributed by atoms with van der Waals surface area (Å²) in [6.45, 7) is 2.20. The van der Waals surface area contributed by atoms with Crippen molar-refractivity contribution in [1.82, 2.24) is 0 Å². The Morgan fingerprint density at radius 2 is 1.77 bits per heavy atom. The molecule has 0 radical (unpaired) electrons. The summed E-state index contributed by atoms with van der Waals surface area (Å²) in [5, 5.41) is 0. The average molecular weight is 293 g/mol. The molecule has 22 heavy (non-hydrogen) atoms. The van der Waals surface area contributed by atoms with E-state index in [2.05, 4.69) is 54.3 Å². The summed E-state index contributed by atoms with van der Waals surface area (Å²) >= 11 is 0. The highest BCUT2D eigenvalue weighted by molar-refractivity contribution is 5.73. The second-order valence-corrected chi connectivity index (χ2v) is 6.59. The first-order valence-corrected chi connectivity index (χ1v) is 8.32. The summed E-state index contributed by atoms with van der Waals surface area (Å²) in [5.74, 6) is 1.62. The molecule has 1 aliphatic carbocycles. The summed E-state index contributed by atoms with van der Waals surface area (Å²) in [6.07, 6.45) is 5.34. The second-order valence-electron chi connectivity index (χ2n) is 6.59.